The lowest BCUT2D eigenvalue weighted by Crippen LogP contribution is -2.35. The van der Waals surface area contributed by atoms with E-state index in [0.29, 0.717) is 25.6 Å². The van der Waals surface area contributed by atoms with E-state index in [1.54, 1.807) is 6.20 Å². The van der Waals surface area contributed by atoms with Crippen LogP contribution in [0.2, 0.25) is 0 Å². The van der Waals surface area contributed by atoms with Crippen LogP contribution in [0.4, 0.5) is 11.8 Å². The molecule has 4 heterocycles. The maximum Gasteiger partial charge on any atom is 0.227 e. The van der Waals surface area contributed by atoms with Gasteiger partial charge in [-0.3, -0.25) is 9.48 Å². The zero-order valence-electron chi connectivity index (χ0n) is 16.5. The number of β-amino-alcohol motifs (C(OH)–C–C–N with tert-alkyl or cyclic N) is 1. The number of aromatic nitrogens is 4. The second-order valence-electron chi connectivity index (χ2n) is 8.22. The summed E-state index contributed by atoms with van der Waals surface area (Å²) < 4.78 is 2.02. The van der Waals surface area contributed by atoms with Crippen molar-refractivity contribution >= 4 is 17.7 Å². The first-order valence-corrected chi connectivity index (χ1v) is 10.5. The summed E-state index contributed by atoms with van der Waals surface area (Å²) in [6, 6.07) is 3.96. The number of hydrogen-bond donors (Lipinski definition) is 2. The third kappa shape index (κ3) is 3.78. The average molecular weight is 397 g/mol. The lowest BCUT2D eigenvalue weighted by atomic mass is 9.85. The number of rotatable bonds is 5. The van der Waals surface area contributed by atoms with E-state index >= 15 is 0 Å². The maximum atomic E-state index is 12.0. The molecule has 0 spiro atoms. The van der Waals surface area contributed by atoms with E-state index in [0.717, 1.165) is 62.5 Å². The van der Waals surface area contributed by atoms with Gasteiger partial charge in [0.1, 0.15) is 5.82 Å². The van der Waals surface area contributed by atoms with Crippen molar-refractivity contribution in [3.63, 3.8) is 0 Å². The second kappa shape index (κ2) is 7.62. The SMILES string of the molecule is O=C(NCc1cc2n(n1)CCN(c1nccc(N3CC[C@@H](O)C3)n1)C2)C1CCC1. The van der Waals surface area contributed by atoms with Gasteiger partial charge < -0.3 is 20.2 Å². The highest BCUT2D eigenvalue weighted by atomic mass is 16.3. The summed E-state index contributed by atoms with van der Waals surface area (Å²) >= 11 is 0. The quantitative estimate of drug-likeness (QED) is 0.765. The third-order valence-corrected chi connectivity index (χ3v) is 6.17. The van der Waals surface area contributed by atoms with E-state index in [-0.39, 0.29) is 17.9 Å². The minimum absolute atomic E-state index is 0.154. The monoisotopic (exact) mass is 397 g/mol. The van der Waals surface area contributed by atoms with Crippen molar-refractivity contribution in [3.8, 4) is 0 Å². The molecule has 9 heteroatoms. The minimum atomic E-state index is -0.277. The van der Waals surface area contributed by atoms with E-state index in [1.165, 1.54) is 0 Å². The number of carbonyl (C=O) groups excluding carboxylic acids is 1. The molecule has 1 aliphatic carbocycles. The third-order valence-electron chi connectivity index (χ3n) is 6.17. The molecule has 9 nitrogen and oxygen atoms in total. The predicted molar refractivity (Wildman–Crippen MR) is 107 cm³/mol. The Balaban J connectivity index is 1.24. The summed E-state index contributed by atoms with van der Waals surface area (Å²) in [5, 5.41) is 17.4. The summed E-state index contributed by atoms with van der Waals surface area (Å²) in [5.41, 5.74) is 2.00. The van der Waals surface area contributed by atoms with Gasteiger partial charge in [-0.05, 0) is 31.4 Å². The van der Waals surface area contributed by atoms with Gasteiger partial charge in [-0.2, -0.15) is 10.1 Å². The molecule has 2 aromatic heterocycles. The fourth-order valence-corrected chi connectivity index (χ4v) is 4.19. The van der Waals surface area contributed by atoms with Crippen LogP contribution < -0.4 is 15.1 Å². The number of anilines is 2. The van der Waals surface area contributed by atoms with Gasteiger partial charge in [-0.15, -0.1) is 0 Å². The van der Waals surface area contributed by atoms with Crippen LogP contribution in [-0.2, 0) is 24.4 Å². The molecule has 0 aromatic carbocycles. The molecule has 29 heavy (non-hydrogen) atoms. The van der Waals surface area contributed by atoms with Crippen molar-refractivity contribution in [2.24, 2.45) is 5.92 Å². The van der Waals surface area contributed by atoms with Gasteiger partial charge in [0.15, 0.2) is 0 Å². The predicted octanol–water partition coefficient (Wildman–Crippen LogP) is 0.681. The molecule has 0 bridgehead atoms. The lowest BCUT2D eigenvalue weighted by molar-refractivity contribution is -0.127. The van der Waals surface area contributed by atoms with Gasteiger partial charge >= 0.3 is 0 Å². The fourth-order valence-electron chi connectivity index (χ4n) is 4.19. The topological polar surface area (TPSA) is 99.4 Å². The average Bonchev–Trinajstić information content (AvgIpc) is 3.30. The van der Waals surface area contributed by atoms with Gasteiger partial charge in [-0.25, -0.2) is 4.98 Å². The molecule has 2 aromatic rings. The van der Waals surface area contributed by atoms with Gasteiger partial charge in [0.2, 0.25) is 11.9 Å². The number of nitrogens with zero attached hydrogens (tertiary/aromatic N) is 6. The first-order chi connectivity index (χ1) is 14.2. The Hall–Kier alpha value is -2.68. The van der Waals surface area contributed by atoms with Crippen LogP contribution in [0.25, 0.3) is 0 Å². The first kappa shape index (κ1) is 18.4. The van der Waals surface area contributed by atoms with Gasteiger partial charge in [0, 0.05) is 31.7 Å². The highest BCUT2D eigenvalue weighted by molar-refractivity contribution is 5.79. The Morgan fingerprint density at radius 3 is 2.86 bits per heavy atom. The molecule has 1 saturated heterocycles. The summed E-state index contributed by atoms with van der Waals surface area (Å²) in [7, 11) is 0. The molecule has 0 unspecified atom stereocenters. The fraction of sp³-hybridized carbons (Fsp3) is 0.600. The van der Waals surface area contributed by atoms with E-state index in [1.807, 2.05) is 10.7 Å². The van der Waals surface area contributed by atoms with Crippen LogP contribution in [0.1, 0.15) is 37.1 Å². The molecular weight excluding hydrogens is 370 g/mol. The first-order valence-electron chi connectivity index (χ1n) is 10.5. The summed E-state index contributed by atoms with van der Waals surface area (Å²) in [4.78, 5) is 25.5. The van der Waals surface area contributed by atoms with Crippen molar-refractivity contribution in [2.45, 2.75) is 51.4 Å². The molecule has 154 valence electrons. The second-order valence-corrected chi connectivity index (χ2v) is 8.22. The highest BCUT2D eigenvalue weighted by Gasteiger charge is 2.26. The van der Waals surface area contributed by atoms with Crippen molar-refractivity contribution in [3.05, 3.63) is 29.7 Å². The Bertz CT molecular complexity index is 895. The summed E-state index contributed by atoms with van der Waals surface area (Å²) in [6.07, 6.45) is 5.47. The van der Waals surface area contributed by atoms with Crippen LogP contribution in [0.15, 0.2) is 18.3 Å². The van der Waals surface area contributed by atoms with Crippen molar-refractivity contribution < 1.29 is 9.90 Å². The zero-order valence-corrected chi connectivity index (χ0v) is 16.5. The molecule has 1 amide bonds. The summed E-state index contributed by atoms with van der Waals surface area (Å²) in [5.74, 6) is 1.92. The molecule has 1 atom stereocenters. The highest BCUT2D eigenvalue weighted by Crippen LogP contribution is 2.26. The minimum Gasteiger partial charge on any atom is -0.391 e. The zero-order chi connectivity index (χ0) is 19.8. The number of aliphatic hydroxyl groups is 1. The standard InChI is InChI=1S/C20H27N7O2/c28-17-5-7-25(13-17)18-4-6-21-20(23-18)26-8-9-27-16(12-26)10-15(24-27)11-22-19(29)14-2-1-3-14/h4,6,10,14,17,28H,1-3,5,7-9,11-13H2,(H,22,29)/t17-/m1/s1. The van der Waals surface area contributed by atoms with E-state index in [2.05, 4.69) is 31.3 Å². The number of hydrogen-bond acceptors (Lipinski definition) is 7. The summed E-state index contributed by atoms with van der Waals surface area (Å²) in [6.45, 7) is 4.17. The van der Waals surface area contributed by atoms with E-state index in [9.17, 15) is 9.90 Å². The Morgan fingerprint density at radius 1 is 1.21 bits per heavy atom. The van der Waals surface area contributed by atoms with Crippen LogP contribution in [0.3, 0.4) is 0 Å². The Kier molecular flexibility index (Phi) is 4.83. The van der Waals surface area contributed by atoms with Gasteiger partial charge in [0.25, 0.3) is 0 Å². The Labute approximate surface area is 169 Å². The Morgan fingerprint density at radius 2 is 2.10 bits per heavy atom. The normalized spacial score (nSPS) is 21.8. The molecule has 5 rings (SSSR count). The van der Waals surface area contributed by atoms with Gasteiger partial charge in [0.05, 0.1) is 37.1 Å². The number of amides is 1. The van der Waals surface area contributed by atoms with Crippen LogP contribution in [0, 0.1) is 5.92 Å². The molecule has 3 aliphatic rings. The number of aliphatic hydroxyl groups excluding tert-OH is 1. The van der Waals surface area contributed by atoms with E-state index in [4.69, 9.17) is 4.98 Å². The number of fused-ring (bicyclic) bond motifs is 1. The van der Waals surface area contributed by atoms with Crippen molar-refractivity contribution in [2.75, 3.05) is 29.4 Å². The number of carbonyl (C=O) groups is 1. The molecule has 2 N–H and O–H groups in total. The molecule has 1 saturated carbocycles. The smallest absolute Gasteiger partial charge is 0.227 e. The van der Waals surface area contributed by atoms with E-state index < -0.39 is 0 Å². The van der Waals surface area contributed by atoms with Crippen LogP contribution in [0.5, 0.6) is 0 Å². The molecule has 2 aliphatic heterocycles. The maximum absolute atomic E-state index is 12.0. The van der Waals surface area contributed by atoms with Crippen LogP contribution >= 0.6 is 0 Å². The van der Waals surface area contributed by atoms with Crippen LogP contribution in [-0.4, -0.2) is 56.5 Å². The largest absolute Gasteiger partial charge is 0.391 e. The lowest BCUT2D eigenvalue weighted by Gasteiger charge is -2.28. The van der Waals surface area contributed by atoms with Crippen molar-refractivity contribution in [1.82, 2.24) is 25.1 Å². The molecular formula is C20H27N7O2. The number of nitrogens with one attached hydrogen (secondary N) is 1. The molecule has 0 radical (unpaired) electrons. The van der Waals surface area contributed by atoms with Crippen molar-refractivity contribution in [1.29, 1.82) is 0 Å². The molecule has 2 fully saturated rings. The van der Waals surface area contributed by atoms with Gasteiger partial charge in [-0.1, -0.05) is 6.42 Å².